The highest BCUT2D eigenvalue weighted by molar-refractivity contribution is 9.10. The van der Waals surface area contributed by atoms with Crippen LogP contribution in [0, 0.1) is 0 Å². The lowest BCUT2D eigenvalue weighted by molar-refractivity contribution is 0.0473. The minimum absolute atomic E-state index is 0.183. The fourth-order valence-electron chi connectivity index (χ4n) is 2.86. The number of carbonyl (C=O) groups excluding carboxylic acids is 1. The molecule has 0 fully saturated rings. The quantitative estimate of drug-likeness (QED) is 0.323. The average Bonchev–Trinajstić information content (AvgIpc) is 3.20. The van der Waals surface area contributed by atoms with Crippen LogP contribution in [0.5, 0.6) is 0 Å². The minimum Gasteiger partial charge on any atom is -0.457 e. The predicted molar refractivity (Wildman–Crippen MR) is 117 cm³/mol. The summed E-state index contributed by atoms with van der Waals surface area (Å²) in [6.45, 7) is 0.183. The number of esters is 1. The summed E-state index contributed by atoms with van der Waals surface area (Å²) in [5.74, 6) is -0.431. The van der Waals surface area contributed by atoms with Crippen molar-refractivity contribution in [1.29, 1.82) is 0 Å². The molecule has 0 bridgehead atoms. The Kier molecular flexibility index (Phi) is 5.79. The van der Waals surface area contributed by atoms with Gasteiger partial charge in [0.1, 0.15) is 17.9 Å². The molecule has 4 aromatic rings. The van der Waals surface area contributed by atoms with Gasteiger partial charge in [-0.1, -0.05) is 70.0 Å². The van der Waals surface area contributed by atoms with E-state index in [2.05, 4.69) is 21.0 Å². The third-order valence-electron chi connectivity index (χ3n) is 4.36. The molecule has 0 saturated heterocycles. The number of hydrogen-bond acceptors (Lipinski definition) is 3. The van der Waals surface area contributed by atoms with Gasteiger partial charge in [-0.25, -0.2) is 9.48 Å². The number of aromatic nitrogens is 2. The number of hydrogen-bond donors (Lipinski definition) is 0. The molecule has 0 aliphatic rings. The number of benzene rings is 3. The zero-order chi connectivity index (χ0) is 20.2. The van der Waals surface area contributed by atoms with E-state index in [0.717, 1.165) is 21.3 Å². The maximum Gasteiger partial charge on any atom is 0.342 e. The number of rotatable bonds is 5. The molecule has 6 heteroatoms. The van der Waals surface area contributed by atoms with Gasteiger partial charge in [0.05, 0.1) is 5.69 Å². The number of halogens is 2. The van der Waals surface area contributed by atoms with Crippen LogP contribution >= 0.6 is 27.5 Å². The highest BCUT2D eigenvalue weighted by Crippen LogP contribution is 2.26. The molecule has 0 atom stereocenters. The van der Waals surface area contributed by atoms with Crippen molar-refractivity contribution in [3.63, 3.8) is 0 Å². The smallest absolute Gasteiger partial charge is 0.342 e. The molecule has 0 aliphatic heterocycles. The van der Waals surface area contributed by atoms with E-state index >= 15 is 0 Å². The van der Waals surface area contributed by atoms with Gasteiger partial charge >= 0.3 is 5.97 Å². The predicted octanol–water partition coefficient (Wildman–Crippen LogP) is 6.31. The second-order valence-electron chi connectivity index (χ2n) is 6.38. The fourth-order valence-corrected chi connectivity index (χ4v) is 3.25. The third kappa shape index (κ3) is 4.58. The second kappa shape index (κ2) is 8.64. The van der Waals surface area contributed by atoms with E-state index in [1.54, 1.807) is 23.0 Å². The molecular weight excluding hydrogens is 452 g/mol. The SMILES string of the molecule is O=C(OCc1ccc(Br)cc1)c1cn(-c2ccccc2)nc1-c1ccc(Cl)cc1. The topological polar surface area (TPSA) is 44.1 Å². The summed E-state index contributed by atoms with van der Waals surface area (Å²) in [6, 6.07) is 24.5. The lowest BCUT2D eigenvalue weighted by Crippen LogP contribution is -2.05. The van der Waals surface area contributed by atoms with Gasteiger partial charge in [-0.05, 0) is 42.0 Å². The lowest BCUT2D eigenvalue weighted by atomic mass is 10.1. The van der Waals surface area contributed by atoms with Crippen molar-refractivity contribution in [2.45, 2.75) is 6.61 Å². The molecule has 0 saturated carbocycles. The maximum absolute atomic E-state index is 12.9. The summed E-state index contributed by atoms with van der Waals surface area (Å²) in [7, 11) is 0. The fraction of sp³-hybridized carbons (Fsp3) is 0.0435. The third-order valence-corrected chi connectivity index (χ3v) is 5.14. The van der Waals surface area contributed by atoms with Gasteiger partial charge in [-0.3, -0.25) is 0 Å². The monoisotopic (exact) mass is 466 g/mol. The van der Waals surface area contributed by atoms with Crippen molar-refractivity contribution in [2.75, 3.05) is 0 Å². The second-order valence-corrected chi connectivity index (χ2v) is 7.73. The molecule has 4 rings (SSSR count). The van der Waals surface area contributed by atoms with E-state index in [1.807, 2.05) is 66.7 Å². The molecule has 1 heterocycles. The van der Waals surface area contributed by atoms with Crippen molar-refractivity contribution in [3.05, 3.63) is 106 Å². The molecular formula is C23H16BrClN2O2. The Labute approximate surface area is 181 Å². The molecule has 144 valence electrons. The van der Waals surface area contributed by atoms with Crippen LogP contribution in [-0.2, 0) is 11.3 Å². The van der Waals surface area contributed by atoms with Crippen LogP contribution in [0.4, 0.5) is 0 Å². The van der Waals surface area contributed by atoms with E-state index in [4.69, 9.17) is 16.3 Å². The average molecular weight is 468 g/mol. The summed E-state index contributed by atoms with van der Waals surface area (Å²) in [6.07, 6.45) is 1.70. The van der Waals surface area contributed by atoms with Crippen molar-refractivity contribution < 1.29 is 9.53 Å². The van der Waals surface area contributed by atoms with Crippen LogP contribution < -0.4 is 0 Å². The molecule has 3 aromatic carbocycles. The zero-order valence-corrected chi connectivity index (χ0v) is 17.6. The first kappa shape index (κ1) is 19.4. The molecule has 0 spiro atoms. The van der Waals surface area contributed by atoms with E-state index < -0.39 is 5.97 Å². The number of nitrogens with zero attached hydrogens (tertiary/aromatic N) is 2. The Morgan fingerprint density at radius 2 is 1.66 bits per heavy atom. The number of para-hydroxylation sites is 1. The normalized spacial score (nSPS) is 10.7. The summed E-state index contributed by atoms with van der Waals surface area (Å²) < 4.78 is 8.21. The minimum atomic E-state index is -0.431. The standard InChI is InChI=1S/C23H16BrClN2O2/c24-18-10-6-16(7-11-18)15-29-23(28)21-14-27(20-4-2-1-3-5-20)26-22(21)17-8-12-19(25)13-9-17/h1-14H,15H2. The van der Waals surface area contributed by atoms with Crippen molar-refractivity contribution in [2.24, 2.45) is 0 Å². The van der Waals surface area contributed by atoms with Crippen LogP contribution in [0.15, 0.2) is 89.5 Å². The van der Waals surface area contributed by atoms with Crippen LogP contribution in [0.25, 0.3) is 16.9 Å². The number of carbonyl (C=O) groups is 1. The lowest BCUT2D eigenvalue weighted by Gasteiger charge is -2.05. The Bertz CT molecular complexity index is 1120. The van der Waals surface area contributed by atoms with E-state index in [0.29, 0.717) is 16.3 Å². The molecule has 0 amide bonds. The van der Waals surface area contributed by atoms with Gasteiger partial charge in [0.15, 0.2) is 0 Å². The highest BCUT2D eigenvalue weighted by atomic mass is 79.9. The van der Waals surface area contributed by atoms with Gasteiger partial charge < -0.3 is 4.74 Å². The van der Waals surface area contributed by atoms with Gasteiger partial charge in [0.25, 0.3) is 0 Å². The first-order valence-electron chi connectivity index (χ1n) is 8.93. The van der Waals surface area contributed by atoms with Crippen molar-refractivity contribution in [1.82, 2.24) is 9.78 Å². The van der Waals surface area contributed by atoms with Crippen LogP contribution in [0.3, 0.4) is 0 Å². The molecule has 4 nitrogen and oxygen atoms in total. The molecule has 0 radical (unpaired) electrons. The van der Waals surface area contributed by atoms with E-state index in [9.17, 15) is 4.79 Å². The van der Waals surface area contributed by atoms with Crippen molar-refractivity contribution >= 4 is 33.5 Å². The molecule has 1 aromatic heterocycles. The molecule has 0 N–H and O–H groups in total. The summed E-state index contributed by atoms with van der Waals surface area (Å²) >= 11 is 9.41. The maximum atomic E-state index is 12.9. The zero-order valence-electron chi connectivity index (χ0n) is 15.3. The van der Waals surface area contributed by atoms with E-state index in [-0.39, 0.29) is 6.61 Å². The Balaban J connectivity index is 1.66. The van der Waals surface area contributed by atoms with Gasteiger partial charge in [0, 0.05) is 21.3 Å². The highest BCUT2D eigenvalue weighted by Gasteiger charge is 2.20. The number of ether oxygens (including phenoxy) is 1. The summed E-state index contributed by atoms with van der Waals surface area (Å²) in [4.78, 5) is 12.9. The van der Waals surface area contributed by atoms with Crippen LogP contribution in [-0.4, -0.2) is 15.7 Å². The van der Waals surface area contributed by atoms with E-state index in [1.165, 1.54) is 0 Å². The Morgan fingerprint density at radius 3 is 2.34 bits per heavy atom. The van der Waals surface area contributed by atoms with Gasteiger partial charge in [-0.2, -0.15) is 5.10 Å². The van der Waals surface area contributed by atoms with Gasteiger partial charge in [0.2, 0.25) is 0 Å². The van der Waals surface area contributed by atoms with Crippen molar-refractivity contribution in [3.8, 4) is 16.9 Å². The summed E-state index contributed by atoms with van der Waals surface area (Å²) in [5, 5.41) is 5.26. The summed E-state index contributed by atoms with van der Waals surface area (Å²) in [5.41, 5.74) is 3.50. The van der Waals surface area contributed by atoms with Gasteiger partial charge in [-0.15, -0.1) is 0 Å². The first-order valence-corrected chi connectivity index (χ1v) is 10.1. The first-order chi connectivity index (χ1) is 14.1. The molecule has 0 aliphatic carbocycles. The van der Waals surface area contributed by atoms with Crippen LogP contribution in [0.2, 0.25) is 5.02 Å². The Morgan fingerprint density at radius 1 is 0.966 bits per heavy atom. The largest absolute Gasteiger partial charge is 0.457 e. The molecule has 0 unspecified atom stereocenters. The Hall–Kier alpha value is -2.89. The van der Waals surface area contributed by atoms with Crippen LogP contribution in [0.1, 0.15) is 15.9 Å². The molecule has 29 heavy (non-hydrogen) atoms.